The van der Waals surface area contributed by atoms with Crippen LogP contribution in [0.15, 0.2) is 18.2 Å². The fraction of sp³-hybridized carbons (Fsp3) is 0.588. The third kappa shape index (κ3) is 4.38. The van der Waals surface area contributed by atoms with Crippen LogP contribution in [0.1, 0.15) is 46.0 Å². The number of rotatable bonds is 5. The topological polar surface area (TPSA) is 50.4 Å². The van der Waals surface area contributed by atoms with E-state index >= 15 is 0 Å². The zero-order valence-electron chi connectivity index (χ0n) is 13.2. The van der Waals surface area contributed by atoms with Crippen molar-refractivity contribution in [2.45, 2.75) is 52.0 Å². The molecule has 4 heteroatoms. The lowest BCUT2D eigenvalue weighted by molar-refractivity contribution is -0.114. The first kappa shape index (κ1) is 15.7. The summed E-state index contributed by atoms with van der Waals surface area (Å²) in [6.45, 7) is 3.79. The highest BCUT2D eigenvalue weighted by molar-refractivity contribution is 5.89. The van der Waals surface area contributed by atoms with Crippen molar-refractivity contribution >= 4 is 17.3 Å². The summed E-state index contributed by atoms with van der Waals surface area (Å²) in [6, 6.07) is 6.20. The zero-order valence-corrected chi connectivity index (χ0v) is 13.2. The van der Waals surface area contributed by atoms with Gasteiger partial charge in [-0.15, -0.1) is 0 Å². The van der Waals surface area contributed by atoms with E-state index in [1.807, 2.05) is 18.2 Å². The smallest absolute Gasteiger partial charge is 0.221 e. The van der Waals surface area contributed by atoms with Gasteiger partial charge in [0.05, 0.1) is 12.8 Å². The molecular formula is C17H26N2O2. The van der Waals surface area contributed by atoms with Crippen molar-refractivity contribution in [3.05, 3.63) is 18.2 Å². The molecule has 0 bridgehead atoms. The first-order chi connectivity index (χ1) is 10.1. The molecule has 116 valence electrons. The summed E-state index contributed by atoms with van der Waals surface area (Å²) in [4.78, 5) is 11.2. The van der Waals surface area contributed by atoms with Gasteiger partial charge in [-0.1, -0.05) is 26.2 Å². The van der Waals surface area contributed by atoms with Gasteiger partial charge < -0.3 is 15.4 Å². The predicted molar refractivity (Wildman–Crippen MR) is 87.0 cm³/mol. The van der Waals surface area contributed by atoms with Crippen molar-refractivity contribution in [3.8, 4) is 5.75 Å². The van der Waals surface area contributed by atoms with Gasteiger partial charge in [0.25, 0.3) is 0 Å². The highest BCUT2D eigenvalue weighted by Crippen LogP contribution is 2.33. The van der Waals surface area contributed by atoms with Crippen molar-refractivity contribution in [1.82, 2.24) is 0 Å². The number of hydrogen-bond donors (Lipinski definition) is 2. The highest BCUT2D eigenvalue weighted by atomic mass is 16.5. The summed E-state index contributed by atoms with van der Waals surface area (Å²) in [6.07, 6.45) is 6.29. The van der Waals surface area contributed by atoms with Crippen LogP contribution in [0, 0.1) is 5.92 Å². The number of carbonyl (C=O) groups excluding carboxylic acids is 1. The summed E-state index contributed by atoms with van der Waals surface area (Å²) in [5.41, 5.74) is 1.76. The molecule has 0 heterocycles. The van der Waals surface area contributed by atoms with Crippen LogP contribution in [0.3, 0.4) is 0 Å². The average Bonchev–Trinajstić information content (AvgIpc) is 2.47. The molecule has 2 rings (SSSR count). The summed E-state index contributed by atoms with van der Waals surface area (Å²) in [7, 11) is 1.67. The van der Waals surface area contributed by atoms with Gasteiger partial charge in [-0.25, -0.2) is 0 Å². The number of carbonyl (C=O) groups is 1. The first-order valence-electron chi connectivity index (χ1n) is 7.84. The number of nitrogens with one attached hydrogen (secondary N) is 2. The monoisotopic (exact) mass is 290 g/mol. The van der Waals surface area contributed by atoms with Crippen LogP contribution in [0.25, 0.3) is 0 Å². The van der Waals surface area contributed by atoms with Gasteiger partial charge in [-0.2, -0.15) is 0 Å². The molecule has 4 nitrogen and oxygen atoms in total. The van der Waals surface area contributed by atoms with Crippen molar-refractivity contribution in [2.75, 3.05) is 17.7 Å². The van der Waals surface area contributed by atoms with Gasteiger partial charge in [0, 0.05) is 18.7 Å². The minimum Gasteiger partial charge on any atom is -0.495 e. The molecule has 1 saturated carbocycles. The fourth-order valence-electron chi connectivity index (χ4n) is 3.11. The summed E-state index contributed by atoms with van der Waals surface area (Å²) < 4.78 is 5.42. The van der Waals surface area contributed by atoms with Gasteiger partial charge in [0.15, 0.2) is 0 Å². The van der Waals surface area contributed by atoms with Crippen LogP contribution >= 0.6 is 0 Å². The largest absolute Gasteiger partial charge is 0.495 e. The third-order valence-electron chi connectivity index (χ3n) is 4.24. The van der Waals surface area contributed by atoms with Crippen LogP contribution in [-0.4, -0.2) is 19.1 Å². The van der Waals surface area contributed by atoms with E-state index in [-0.39, 0.29) is 5.91 Å². The third-order valence-corrected chi connectivity index (χ3v) is 4.24. The second kappa shape index (κ2) is 7.34. The molecule has 0 aromatic heterocycles. The van der Waals surface area contributed by atoms with E-state index in [2.05, 4.69) is 17.6 Å². The molecule has 1 fully saturated rings. The number of ether oxygens (including phenoxy) is 1. The van der Waals surface area contributed by atoms with Crippen LogP contribution in [0.2, 0.25) is 0 Å². The molecule has 0 radical (unpaired) electrons. The van der Waals surface area contributed by atoms with Crippen LogP contribution in [-0.2, 0) is 4.79 Å². The van der Waals surface area contributed by atoms with Crippen molar-refractivity contribution in [3.63, 3.8) is 0 Å². The Balaban J connectivity index is 2.11. The fourth-order valence-corrected chi connectivity index (χ4v) is 3.11. The Bertz CT molecular complexity index is 488. The standard InChI is InChI=1S/C17H26N2O2/c1-4-13-6-5-7-14(10-13)19-16-11-15(18-12(2)20)8-9-17(16)21-3/h8-9,11,13-14,19H,4-7,10H2,1-3H3,(H,18,20). The molecule has 1 aromatic rings. The maximum Gasteiger partial charge on any atom is 0.221 e. The van der Waals surface area contributed by atoms with E-state index in [1.54, 1.807) is 7.11 Å². The number of hydrogen-bond acceptors (Lipinski definition) is 3. The molecule has 0 saturated heterocycles. The second-order valence-electron chi connectivity index (χ2n) is 5.88. The van der Waals surface area contributed by atoms with Gasteiger partial charge >= 0.3 is 0 Å². The van der Waals surface area contributed by atoms with Gasteiger partial charge in [0.1, 0.15) is 5.75 Å². The van der Waals surface area contributed by atoms with Crippen molar-refractivity contribution in [2.24, 2.45) is 5.92 Å². The molecule has 1 amide bonds. The lowest BCUT2D eigenvalue weighted by atomic mass is 9.84. The maximum atomic E-state index is 11.2. The SMILES string of the molecule is CCC1CCCC(Nc2cc(NC(C)=O)ccc2OC)C1. The second-order valence-corrected chi connectivity index (χ2v) is 5.88. The van der Waals surface area contributed by atoms with E-state index in [0.29, 0.717) is 6.04 Å². The Morgan fingerprint density at radius 2 is 2.19 bits per heavy atom. The molecule has 1 aliphatic carbocycles. The number of anilines is 2. The van der Waals surface area contributed by atoms with Crippen molar-refractivity contribution in [1.29, 1.82) is 0 Å². The normalized spacial score (nSPS) is 21.7. The van der Waals surface area contributed by atoms with E-state index in [4.69, 9.17) is 4.74 Å². The Morgan fingerprint density at radius 1 is 1.38 bits per heavy atom. The van der Waals surface area contributed by atoms with Crippen molar-refractivity contribution < 1.29 is 9.53 Å². The highest BCUT2D eigenvalue weighted by Gasteiger charge is 2.21. The Morgan fingerprint density at radius 3 is 2.86 bits per heavy atom. The molecule has 2 atom stereocenters. The van der Waals surface area contributed by atoms with E-state index in [0.717, 1.165) is 23.0 Å². The predicted octanol–water partition coefficient (Wildman–Crippen LogP) is 4.03. The summed E-state index contributed by atoms with van der Waals surface area (Å²) >= 11 is 0. The van der Waals surface area contributed by atoms with Crippen LogP contribution in [0.5, 0.6) is 5.75 Å². The van der Waals surface area contributed by atoms with Gasteiger partial charge in [-0.3, -0.25) is 4.79 Å². The minimum atomic E-state index is -0.0603. The Labute approximate surface area is 127 Å². The summed E-state index contributed by atoms with van der Waals surface area (Å²) in [5, 5.41) is 6.42. The Hall–Kier alpha value is -1.71. The lowest BCUT2D eigenvalue weighted by Gasteiger charge is -2.30. The Kier molecular flexibility index (Phi) is 5.48. The summed E-state index contributed by atoms with van der Waals surface area (Å²) in [5.74, 6) is 1.58. The molecule has 1 aromatic carbocycles. The molecule has 0 aliphatic heterocycles. The zero-order chi connectivity index (χ0) is 15.2. The number of methoxy groups -OCH3 is 1. The molecule has 2 N–H and O–H groups in total. The molecule has 21 heavy (non-hydrogen) atoms. The van der Waals surface area contributed by atoms with E-state index in [9.17, 15) is 4.79 Å². The quantitative estimate of drug-likeness (QED) is 0.860. The minimum absolute atomic E-state index is 0.0603. The van der Waals surface area contributed by atoms with Crippen LogP contribution in [0.4, 0.5) is 11.4 Å². The number of amides is 1. The van der Waals surface area contributed by atoms with Gasteiger partial charge in [-0.05, 0) is 37.0 Å². The van der Waals surface area contributed by atoms with Crippen LogP contribution < -0.4 is 15.4 Å². The number of benzene rings is 1. The molecule has 0 spiro atoms. The van der Waals surface area contributed by atoms with E-state index in [1.165, 1.54) is 39.0 Å². The molecule has 2 unspecified atom stereocenters. The maximum absolute atomic E-state index is 11.2. The lowest BCUT2D eigenvalue weighted by Crippen LogP contribution is -2.27. The molecule has 1 aliphatic rings. The average molecular weight is 290 g/mol. The van der Waals surface area contributed by atoms with Gasteiger partial charge in [0.2, 0.25) is 5.91 Å². The molecular weight excluding hydrogens is 264 g/mol. The first-order valence-corrected chi connectivity index (χ1v) is 7.84. The van der Waals surface area contributed by atoms with E-state index < -0.39 is 0 Å².